The summed E-state index contributed by atoms with van der Waals surface area (Å²) in [6.45, 7) is 4.07. The molecule has 0 aliphatic carbocycles. The molecule has 1 heterocycles. The summed E-state index contributed by atoms with van der Waals surface area (Å²) < 4.78 is 0. The van der Waals surface area contributed by atoms with Crippen LogP contribution in [0.4, 0.5) is 16.2 Å². The standard InChI is InChI=1S/C24H21N3OS/c1-16-8-11-21(14-17(16)2)26-24(28)25-20-12-9-18(10-13-20)22-15-29-23(27-22)19-6-4-3-5-7-19/h3-15H,1-2H3,(H2,25,26,28). The van der Waals surface area contributed by atoms with Gasteiger partial charge in [0.05, 0.1) is 5.69 Å². The zero-order valence-corrected chi connectivity index (χ0v) is 17.1. The summed E-state index contributed by atoms with van der Waals surface area (Å²) in [6, 6.07) is 23.5. The molecule has 5 heteroatoms. The van der Waals surface area contributed by atoms with Gasteiger partial charge in [-0.3, -0.25) is 0 Å². The van der Waals surface area contributed by atoms with Crippen LogP contribution >= 0.6 is 11.3 Å². The fourth-order valence-corrected chi connectivity index (χ4v) is 3.79. The van der Waals surface area contributed by atoms with Crippen LogP contribution in [-0.4, -0.2) is 11.0 Å². The summed E-state index contributed by atoms with van der Waals surface area (Å²) in [5.74, 6) is 0. The third-order valence-electron chi connectivity index (χ3n) is 4.73. The lowest BCUT2D eigenvalue weighted by atomic mass is 10.1. The Labute approximate surface area is 174 Å². The van der Waals surface area contributed by atoms with Crippen molar-refractivity contribution in [3.8, 4) is 21.8 Å². The molecule has 3 aromatic carbocycles. The number of rotatable bonds is 4. The van der Waals surface area contributed by atoms with E-state index in [2.05, 4.69) is 28.1 Å². The predicted molar refractivity (Wildman–Crippen MR) is 122 cm³/mol. The van der Waals surface area contributed by atoms with Crippen LogP contribution in [0.3, 0.4) is 0 Å². The predicted octanol–water partition coefficient (Wildman–Crippen LogP) is 6.74. The van der Waals surface area contributed by atoms with Gasteiger partial charge in [0, 0.05) is 27.9 Å². The molecule has 2 N–H and O–H groups in total. The number of hydrogen-bond donors (Lipinski definition) is 2. The van der Waals surface area contributed by atoms with Gasteiger partial charge in [-0.1, -0.05) is 48.5 Å². The highest BCUT2D eigenvalue weighted by molar-refractivity contribution is 7.13. The first-order valence-electron chi connectivity index (χ1n) is 9.35. The largest absolute Gasteiger partial charge is 0.323 e. The molecule has 4 rings (SSSR count). The summed E-state index contributed by atoms with van der Waals surface area (Å²) >= 11 is 1.62. The second kappa shape index (κ2) is 8.29. The zero-order valence-electron chi connectivity index (χ0n) is 16.3. The van der Waals surface area contributed by atoms with E-state index >= 15 is 0 Å². The minimum Gasteiger partial charge on any atom is -0.308 e. The summed E-state index contributed by atoms with van der Waals surface area (Å²) in [5, 5.41) is 8.78. The first-order chi connectivity index (χ1) is 14.1. The van der Waals surface area contributed by atoms with Crippen molar-refractivity contribution in [3.63, 3.8) is 0 Å². The molecule has 0 aliphatic heterocycles. The van der Waals surface area contributed by atoms with Crippen molar-refractivity contribution in [1.29, 1.82) is 0 Å². The molecular weight excluding hydrogens is 378 g/mol. The van der Waals surface area contributed by atoms with Crippen molar-refractivity contribution in [2.24, 2.45) is 0 Å². The molecule has 0 saturated carbocycles. The van der Waals surface area contributed by atoms with E-state index in [-0.39, 0.29) is 6.03 Å². The molecule has 29 heavy (non-hydrogen) atoms. The van der Waals surface area contributed by atoms with Crippen LogP contribution in [0.15, 0.2) is 78.2 Å². The van der Waals surface area contributed by atoms with E-state index < -0.39 is 0 Å². The van der Waals surface area contributed by atoms with E-state index in [1.807, 2.05) is 74.5 Å². The normalized spacial score (nSPS) is 10.6. The molecule has 2 amide bonds. The van der Waals surface area contributed by atoms with E-state index in [4.69, 9.17) is 4.98 Å². The Morgan fingerprint density at radius 1 is 0.793 bits per heavy atom. The quantitative estimate of drug-likeness (QED) is 0.399. The smallest absolute Gasteiger partial charge is 0.308 e. The van der Waals surface area contributed by atoms with Crippen molar-refractivity contribution < 1.29 is 4.79 Å². The van der Waals surface area contributed by atoms with Crippen molar-refractivity contribution in [2.45, 2.75) is 13.8 Å². The number of benzene rings is 3. The van der Waals surface area contributed by atoms with Gasteiger partial charge >= 0.3 is 6.03 Å². The Hall–Kier alpha value is -3.44. The number of aryl methyl sites for hydroxylation is 2. The van der Waals surface area contributed by atoms with Gasteiger partial charge in [0.15, 0.2) is 0 Å². The van der Waals surface area contributed by atoms with E-state index in [1.54, 1.807) is 11.3 Å². The summed E-state index contributed by atoms with van der Waals surface area (Å²) in [7, 11) is 0. The topological polar surface area (TPSA) is 54.0 Å². The number of amides is 2. The van der Waals surface area contributed by atoms with Crippen molar-refractivity contribution >= 4 is 28.7 Å². The van der Waals surface area contributed by atoms with Gasteiger partial charge in [0.25, 0.3) is 0 Å². The van der Waals surface area contributed by atoms with Crippen LogP contribution in [0.25, 0.3) is 21.8 Å². The second-order valence-corrected chi connectivity index (χ2v) is 7.72. The number of aromatic nitrogens is 1. The molecule has 144 valence electrons. The van der Waals surface area contributed by atoms with Crippen LogP contribution in [-0.2, 0) is 0 Å². The lowest BCUT2D eigenvalue weighted by Crippen LogP contribution is -2.19. The third-order valence-corrected chi connectivity index (χ3v) is 5.62. The van der Waals surface area contributed by atoms with Gasteiger partial charge in [-0.2, -0.15) is 0 Å². The average molecular weight is 400 g/mol. The maximum absolute atomic E-state index is 12.3. The molecule has 0 fully saturated rings. The molecule has 1 aromatic heterocycles. The minimum absolute atomic E-state index is 0.263. The highest BCUT2D eigenvalue weighted by atomic mass is 32.1. The Balaban J connectivity index is 1.42. The first kappa shape index (κ1) is 18.9. The lowest BCUT2D eigenvalue weighted by Gasteiger charge is -2.09. The van der Waals surface area contributed by atoms with Gasteiger partial charge in [-0.05, 0) is 49.2 Å². The van der Waals surface area contributed by atoms with Crippen molar-refractivity contribution in [1.82, 2.24) is 4.98 Å². The highest BCUT2D eigenvalue weighted by Gasteiger charge is 2.08. The van der Waals surface area contributed by atoms with E-state index in [0.717, 1.165) is 38.8 Å². The van der Waals surface area contributed by atoms with Crippen molar-refractivity contribution in [3.05, 3.63) is 89.3 Å². The number of thiazole rings is 1. The Kier molecular flexibility index (Phi) is 5.40. The average Bonchev–Trinajstić information content (AvgIpc) is 3.22. The van der Waals surface area contributed by atoms with Gasteiger partial charge in [0.2, 0.25) is 0 Å². The van der Waals surface area contributed by atoms with Gasteiger partial charge < -0.3 is 10.6 Å². The summed E-state index contributed by atoms with van der Waals surface area (Å²) in [5.41, 5.74) is 6.91. The lowest BCUT2D eigenvalue weighted by molar-refractivity contribution is 0.262. The Morgan fingerprint density at radius 2 is 1.48 bits per heavy atom. The second-order valence-electron chi connectivity index (χ2n) is 6.86. The van der Waals surface area contributed by atoms with E-state index in [1.165, 1.54) is 5.56 Å². The molecule has 0 aliphatic rings. The molecule has 0 spiro atoms. The minimum atomic E-state index is -0.263. The van der Waals surface area contributed by atoms with Crippen LogP contribution < -0.4 is 10.6 Å². The van der Waals surface area contributed by atoms with E-state index in [0.29, 0.717) is 0 Å². The zero-order chi connectivity index (χ0) is 20.2. The van der Waals surface area contributed by atoms with E-state index in [9.17, 15) is 4.79 Å². The van der Waals surface area contributed by atoms with Crippen LogP contribution in [0, 0.1) is 13.8 Å². The molecule has 0 saturated heterocycles. The maximum Gasteiger partial charge on any atom is 0.323 e. The van der Waals surface area contributed by atoms with Crippen LogP contribution in [0.5, 0.6) is 0 Å². The molecule has 4 aromatic rings. The maximum atomic E-state index is 12.3. The highest BCUT2D eigenvalue weighted by Crippen LogP contribution is 2.29. The first-order valence-corrected chi connectivity index (χ1v) is 10.2. The number of carbonyl (C=O) groups excluding carboxylic acids is 1. The van der Waals surface area contributed by atoms with Crippen LogP contribution in [0.2, 0.25) is 0 Å². The monoisotopic (exact) mass is 399 g/mol. The summed E-state index contributed by atoms with van der Waals surface area (Å²) in [4.78, 5) is 17.0. The van der Waals surface area contributed by atoms with Crippen LogP contribution in [0.1, 0.15) is 11.1 Å². The summed E-state index contributed by atoms with van der Waals surface area (Å²) in [6.07, 6.45) is 0. The third kappa shape index (κ3) is 4.52. The molecule has 0 unspecified atom stereocenters. The fraction of sp³-hybridized carbons (Fsp3) is 0.0833. The Bertz CT molecular complexity index is 1130. The number of nitrogens with zero attached hydrogens (tertiary/aromatic N) is 1. The number of carbonyl (C=O) groups is 1. The van der Waals surface area contributed by atoms with Gasteiger partial charge in [0.1, 0.15) is 5.01 Å². The number of hydrogen-bond acceptors (Lipinski definition) is 3. The molecular formula is C24H21N3OS. The van der Waals surface area contributed by atoms with Crippen molar-refractivity contribution in [2.75, 3.05) is 10.6 Å². The fourth-order valence-electron chi connectivity index (χ4n) is 2.96. The Morgan fingerprint density at radius 3 is 2.21 bits per heavy atom. The van der Waals surface area contributed by atoms with Gasteiger partial charge in [-0.15, -0.1) is 11.3 Å². The molecule has 0 radical (unpaired) electrons. The van der Waals surface area contributed by atoms with Gasteiger partial charge in [-0.25, -0.2) is 9.78 Å². The molecule has 0 bridgehead atoms. The molecule has 4 nitrogen and oxygen atoms in total. The number of anilines is 2. The SMILES string of the molecule is Cc1ccc(NC(=O)Nc2ccc(-c3csc(-c4ccccc4)n3)cc2)cc1C. The number of nitrogens with one attached hydrogen (secondary N) is 2. The molecule has 0 atom stereocenters. The number of urea groups is 1.